The Morgan fingerprint density at radius 3 is 2.21 bits per heavy atom. The molecule has 0 bridgehead atoms. The smallest absolute Gasteiger partial charge is 0.227 e. The number of furan rings is 1. The molecule has 0 amide bonds. The van der Waals surface area contributed by atoms with E-state index in [1.807, 2.05) is 76.2 Å². The number of hydrogen-bond donors (Lipinski definition) is 0. The van der Waals surface area contributed by atoms with E-state index in [0.717, 1.165) is 45.9 Å². The summed E-state index contributed by atoms with van der Waals surface area (Å²) in [6.07, 6.45) is 3.34. The van der Waals surface area contributed by atoms with Crippen molar-refractivity contribution in [2.75, 3.05) is 0 Å². The molecule has 3 aromatic heterocycles. The number of nitrogens with zero attached hydrogens (tertiary/aromatic N) is 2. The minimum Gasteiger partial charge on any atom is -0.437 e. The van der Waals surface area contributed by atoms with Gasteiger partial charge in [0.2, 0.25) is 5.71 Å². The Kier molecular flexibility index (Phi) is 5.40. The molecular formula is C35H40N2O. The van der Waals surface area contributed by atoms with E-state index >= 15 is 0 Å². The zero-order chi connectivity index (χ0) is 31.5. The Morgan fingerprint density at radius 1 is 0.895 bits per heavy atom. The molecule has 0 unspecified atom stereocenters. The molecule has 0 atom stereocenters. The molecule has 0 aliphatic rings. The second kappa shape index (κ2) is 10.0. The van der Waals surface area contributed by atoms with Crippen LogP contribution in [0.3, 0.4) is 0 Å². The number of aryl methyl sites for hydroxylation is 1. The van der Waals surface area contributed by atoms with Crippen molar-refractivity contribution in [1.29, 1.82) is 0 Å². The minimum absolute atomic E-state index is 0.294. The van der Waals surface area contributed by atoms with Gasteiger partial charge in [0.1, 0.15) is 5.58 Å². The van der Waals surface area contributed by atoms with E-state index in [0.29, 0.717) is 33.8 Å². The molecule has 0 fully saturated rings. The summed E-state index contributed by atoms with van der Waals surface area (Å²) >= 11 is 0. The highest BCUT2D eigenvalue weighted by Crippen LogP contribution is 2.40. The van der Waals surface area contributed by atoms with Gasteiger partial charge in [0, 0.05) is 34.9 Å². The lowest BCUT2D eigenvalue weighted by atomic mass is 9.76. The summed E-state index contributed by atoms with van der Waals surface area (Å²) in [7, 11) is 0. The molecule has 0 saturated carbocycles. The van der Waals surface area contributed by atoms with Crippen LogP contribution in [0.15, 0.2) is 65.2 Å². The number of para-hydroxylation sites is 1. The van der Waals surface area contributed by atoms with Crippen LogP contribution in [0.5, 0.6) is 0 Å². The molecule has 0 aliphatic heterocycles. The van der Waals surface area contributed by atoms with Gasteiger partial charge in [0.25, 0.3) is 0 Å². The molecule has 38 heavy (non-hydrogen) atoms. The van der Waals surface area contributed by atoms with E-state index in [1.54, 1.807) is 12.3 Å². The number of fused-ring (bicyclic) bond motifs is 3. The van der Waals surface area contributed by atoms with Crippen LogP contribution >= 0.6 is 0 Å². The topological polar surface area (TPSA) is 38.9 Å². The van der Waals surface area contributed by atoms with E-state index in [9.17, 15) is 0 Å². The fraction of sp³-hybridized carbons (Fsp3) is 0.371. The second-order valence-electron chi connectivity index (χ2n) is 10.9. The van der Waals surface area contributed by atoms with Crippen molar-refractivity contribution in [3.8, 4) is 22.5 Å². The van der Waals surface area contributed by atoms with Gasteiger partial charge < -0.3 is 4.42 Å². The molecule has 0 aliphatic carbocycles. The summed E-state index contributed by atoms with van der Waals surface area (Å²) in [5.41, 5.74) is 6.04. The predicted octanol–water partition coefficient (Wildman–Crippen LogP) is 10.3. The number of benzene rings is 2. The summed E-state index contributed by atoms with van der Waals surface area (Å²) in [5, 5.41) is 1.68. The average molecular weight is 510 g/mol. The summed E-state index contributed by atoms with van der Waals surface area (Å²) in [5.74, 6) is -1.81. The minimum atomic E-state index is -2.29. The van der Waals surface area contributed by atoms with Gasteiger partial charge in [-0.05, 0) is 83.4 Å². The lowest BCUT2D eigenvalue weighted by Gasteiger charge is -2.29. The van der Waals surface area contributed by atoms with Gasteiger partial charge in [0.05, 0.1) is 11.4 Å². The Bertz CT molecular complexity index is 1790. The highest BCUT2D eigenvalue weighted by Gasteiger charge is 2.25. The van der Waals surface area contributed by atoms with Gasteiger partial charge in [-0.3, -0.25) is 4.98 Å². The van der Waals surface area contributed by atoms with E-state index in [1.165, 1.54) is 0 Å². The fourth-order valence-corrected chi connectivity index (χ4v) is 5.40. The Labute approximate surface area is 234 Å². The summed E-state index contributed by atoms with van der Waals surface area (Å²) < 4.78 is 49.0. The van der Waals surface area contributed by atoms with Crippen molar-refractivity contribution < 1.29 is 11.3 Å². The molecule has 3 heterocycles. The number of hydrogen-bond acceptors (Lipinski definition) is 3. The van der Waals surface area contributed by atoms with Crippen molar-refractivity contribution in [2.45, 2.75) is 85.4 Å². The van der Waals surface area contributed by atoms with Gasteiger partial charge in [0.15, 0.2) is 0 Å². The van der Waals surface area contributed by atoms with Crippen LogP contribution in [-0.2, 0) is 5.41 Å². The van der Waals surface area contributed by atoms with Gasteiger partial charge in [-0.15, -0.1) is 0 Å². The second-order valence-corrected chi connectivity index (χ2v) is 10.9. The Morgan fingerprint density at radius 2 is 1.58 bits per heavy atom. The van der Waals surface area contributed by atoms with Gasteiger partial charge in [-0.1, -0.05) is 78.8 Å². The van der Waals surface area contributed by atoms with Crippen LogP contribution in [0, 0.1) is 6.85 Å². The van der Waals surface area contributed by atoms with Gasteiger partial charge >= 0.3 is 0 Å². The third kappa shape index (κ3) is 4.32. The highest BCUT2D eigenvalue weighted by atomic mass is 16.3. The van der Waals surface area contributed by atoms with Crippen LogP contribution in [0.25, 0.3) is 44.6 Å². The van der Waals surface area contributed by atoms with Crippen LogP contribution in [0.2, 0.25) is 0 Å². The maximum Gasteiger partial charge on any atom is 0.227 e. The van der Waals surface area contributed by atoms with E-state index in [2.05, 4.69) is 20.8 Å². The molecule has 0 spiro atoms. The first-order valence-electron chi connectivity index (χ1n) is 16.0. The predicted molar refractivity (Wildman–Crippen MR) is 161 cm³/mol. The normalized spacial score (nSPS) is 15.2. The van der Waals surface area contributed by atoms with Crippen LogP contribution in [0.1, 0.15) is 102 Å². The summed E-state index contributed by atoms with van der Waals surface area (Å²) in [6, 6.07) is 17.2. The van der Waals surface area contributed by atoms with Crippen molar-refractivity contribution in [3.05, 3.63) is 83.0 Å². The van der Waals surface area contributed by atoms with E-state index in [4.69, 9.17) is 21.2 Å². The lowest BCUT2D eigenvalue weighted by Crippen LogP contribution is -2.21. The molecule has 0 saturated heterocycles. The summed E-state index contributed by atoms with van der Waals surface area (Å²) in [6.45, 7) is 11.3. The average Bonchev–Trinajstić information content (AvgIpc) is 3.32. The fourth-order valence-electron chi connectivity index (χ4n) is 5.40. The zero-order valence-electron chi connectivity index (χ0n) is 28.5. The first-order valence-corrected chi connectivity index (χ1v) is 13.5. The quantitative estimate of drug-likeness (QED) is 0.219. The third-order valence-electron chi connectivity index (χ3n) is 8.15. The Hall–Kier alpha value is -3.46. The van der Waals surface area contributed by atoms with Crippen LogP contribution in [0.4, 0.5) is 0 Å². The largest absolute Gasteiger partial charge is 0.437 e. The first-order chi connectivity index (χ1) is 20.0. The molecular weight excluding hydrogens is 464 g/mol. The monoisotopic (exact) mass is 509 g/mol. The number of rotatable bonds is 7. The van der Waals surface area contributed by atoms with Crippen LogP contribution < -0.4 is 0 Å². The summed E-state index contributed by atoms with van der Waals surface area (Å²) in [4.78, 5) is 9.72. The molecule has 196 valence electrons. The molecule has 0 N–H and O–H groups in total. The first kappa shape index (κ1) is 20.5. The van der Waals surface area contributed by atoms with E-state index in [-0.39, 0.29) is 5.41 Å². The molecule has 0 radical (unpaired) electrons. The number of pyridine rings is 2. The molecule has 3 heteroatoms. The zero-order valence-corrected chi connectivity index (χ0v) is 23.5. The van der Waals surface area contributed by atoms with Crippen molar-refractivity contribution in [1.82, 2.24) is 9.97 Å². The van der Waals surface area contributed by atoms with Crippen molar-refractivity contribution >= 4 is 22.1 Å². The molecule has 3 nitrogen and oxygen atoms in total. The standard InChI is InChI=1S/C35H40N2O/c1-9-35(8,10-2)29-20-36-31(19-23(29)7)28-16-12-15-26-27-17-18-30(37-34(27)38-33(26)28)32-24(21(3)4)13-11-14-25(32)22(5)6/h11-22H,9-10H2,1-8H3/i7D3,21D,22D. The molecule has 2 aromatic carbocycles. The molecule has 5 aromatic rings. The highest BCUT2D eigenvalue weighted by molar-refractivity contribution is 6.08. The Balaban J connectivity index is 1.73. The maximum atomic E-state index is 8.82. The van der Waals surface area contributed by atoms with Crippen molar-refractivity contribution in [3.63, 3.8) is 0 Å². The van der Waals surface area contributed by atoms with Crippen LogP contribution in [-0.4, -0.2) is 9.97 Å². The van der Waals surface area contributed by atoms with Gasteiger partial charge in [-0.25, -0.2) is 4.98 Å². The number of aromatic nitrogens is 2. The molecule has 5 rings (SSSR count). The van der Waals surface area contributed by atoms with Gasteiger partial charge in [-0.2, -0.15) is 0 Å². The third-order valence-corrected chi connectivity index (χ3v) is 8.15. The van der Waals surface area contributed by atoms with E-state index < -0.39 is 18.6 Å². The maximum absolute atomic E-state index is 8.82. The SMILES string of the molecule is [2H]C([2H])([2H])c1cc(-c2cccc3c2oc2nc(-c4c(C([2H])(C)C)cccc4C([2H])(C)C)ccc23)ncc1C(C)(CC)CC. The lowest BCUT2D eigenvalue weighted by molar-refractivity contribution is 0.435. The van der Waals surface area contributed by atoms with Crippen molar-refractivity contribution in [2.24, 2.45) is 0 Å².